The summed E-state index contributed by atoms with van der Waals surface area (Å²) >= 11 is 0. The van der Waals surface area contributed by atoms with Crippen LogP contribution >= 0.6 is 0 Å². The number of H-pyrrole nitrogens is 1. The van der Waals surface area contributed by atoms with Gasteiger partial charge in [0.1, 0.15) is 0 Å². The van der Waals surface area contributed by atoms with Gasteiger partial charge in [0.25, 0.3) is 11.8 Å². The average molecular weight is 274 g/mol. The minimum atomic E-state index is -0.520. The fourth-order valence-corrected chi connectivity index (χ4v) is 1.58. The number of benzene rings is 1. The molecule has 0 aliphatic carbocycles. The van der Waals surface area contributed by atoms with E-state index in [4.69, 9.17) is 5.73 Å². The van der Waals surface area contributed by atoms with Crippen LogP contribution in [0, 0.1) is 0 Å². The summed E-state index contributed by atoms with van der Waals surface area (Å²) in [5, 5.41) is 8.57. The van der Waals surface area contributed by atoms with E-state index >= 15 is 0 Å². The molecule has 2 aromatic rings. The van der Waals surface area contributed by atoms with Crippen molar-refractivity contribution in [1.29, 1.82) is 0 Å². The zero-order valence-corrected chi connectivity index (χ0v) is 11.0. The molecule has 104 valence electrons. The number of rotatable bonds is 3. The molecule has 0 saturated heterocycles. The van der Waals surface area contributed by atoms with E-state index in [0.29, 0.717) is 11.3 Å². The zero-order valence-electron chi connectivity index (χ0n) is 11.0. The zero-order chi connectivity index (χ0) is 14.7. The van der Waals surface area contributed by atoms with Crippen LogP contribution in [-0.4, -0.2) is 46.0 Å². The van der Waals surface area contributed by atoms with Crippen LogP contribution in [0.2, 0.25) is 0 Å². The number of carbonyl (C=O) groups is 2. The fourth-order valence-electron chi connectivity index (χ4n) is 1.58. The number of aromatic nitrogens is 3. The number of nitrogens with zero attached hydrogens (tertiary/aromatic N) is 3. The van der Waals surface area contributed by atoms with E-state index < -0.39 is 5.91 Å². The van der Waals surface area contributed by atoms with Gasteiger partial charge in [-0.2, -0.15) is 4.98 Å². The minimum Gasteiger partial charge on any atom is -0.366 e. The first-order valence-electron chi connectivity index (χ1n) is 5.79. The fraction of sp³-hybridized carbons (Fsp3) is 0.167. The summed E-state index contributed by atoms with van der Waals surface area (Å²) in [6.45, 7) is 0. The summed E-state index contributed by atoms with van der Waals surface area (Å²) in [6.07, 6.45) is 0. The van der Waals surface area contributed by atoms with E-state index in [1.165, 1.54) is 4.90 Å². The van der Waals surface area contributed by atoms with Crippen LogP contribution < -0.4 is 11.1 Å². The molecule has 8 nitrogen and oxygen atoms in total. The Morgan fingerprint density at radius 2 is 2.00 bits per heavy atom. The maximum absolute atomic E-state index is 12.0. The number of anilines is 2. The van der Waals surface area contributed by atoms with Gasteiger partial charge in [0.05, 0.1) is 11.3 Å². The molecule has 2 amide bonds. The van der Waals surface area contributed by atoms with E-state index in [2.05, 4.69) is 20.5 Å². The third kappa shape index (κ3) is 2.74. The van der Waals surface area contributed by atoms with Crippen LogP contribution in [-0.2, 0) is 0 Å². The van der Waals surface area contributed by atoms with E-state index in [-0.39, 0.29) is 17.7 Å². The lowest BCUT2D eigenvalue weighted by Gasteiger charge is -2.14. The summed E-state index contributed by atoms with van der Waals surface area (Å²) in [5.41, 5.74) is 6.12. The highest BCUT2D eigenvalue weighted by atomic mass is 16.2. The molecule has 8 heteroatoms. The van der Waals surface area contributed by atoms with Crippen molar-refractivity contribution in [2.24, 2.45) is 0 Å². The molecular formula is C12H14N6O2. The van der Waals surface area contributed by atoms with Crippen molar-refractivity contribution in [2.45, 2.75) is 0 Å². The standard InChI is InChI=1S/C12H14N6O2/c1-18(2)11(20)7-5-3-4-6-8(7)14-10(19)9-15-12(13)17-16-9/h3-6H,1-2H3,(H,14,19)(H3,13,15,16,17). The number of nitrogen functional groups attached to an aromatic ring is 1. The maximum atomic E-state index is 12.0. The first kappa shape index (κ1) is 13.5. The molecule has 0 radical (unpaired) electrons. The Labute approximate surface area is 115 Å². The van der Waals surface area contributed by atoms with E-state index in [0.717, 1.165) is 0 Å². The van der Waals surface area contributed by atoms with Crippen molar-refractivity contribution < 1.29 is 9.59 Å². The number of carbonyl (C=O) groups excluding carboxylic acids is 2. The Morgan fingerprint density at radius 1 is 1.30 bits per heavy atom. The number of aromatic amines is 1. The highest BCUT2D eigenvalue weighted by Crippen LogP contribution is 2.17. The van der Waals surface area contributed by atoms with Gasteiger partial charge in [-0.1, -0.05) is 12.1 Å². The van der Waals surface area contributed by atoms with Crippen LogP contribution in [0.3, 0.4) is 0 Å². The quantitative estimate of drug-likeness (QED) is 0.746. The van der Waals surface area contributed by atoms with Gasteiger partial charge in [-0.15, -0.1) is 5.10 Å². The second-order valence-electron chi connectivity index (χ2n) is 4.24. The topological polar surface area (TPSA) is 117 Å². The SMILES string of the molecule is CN(C)C(=O)c1ccccc1NC(=O)c1nc(N)n[nH]1. The van der Waals surface area contributed by atoms with Gasteiger partial charge in [0.15, 0.2) is 0 Å². The molecule has 0 spiro atoms. The molecule has 4 N–H and O–H groups in total. The lowest BCUT2D eigenvalue weighted by atomic mass is 10.1. The van der Waals surface area contributed by atoms with Gasteiger partial charge in [0, 0.05) is 14.1 Å². The molecule has 0 saturated carbocycles. The molecular weight excluding hydrogens is 260 g/mol. The van der Waals surface area contributed by atoms with Gasteiger partial charge in [-0.05, 0) is 12.1 Å². The Hall–Kier alpha value is -2.90. The van der Waals surface area contributed by atoms with E-state index in [1.54, 1.807) is 38.4 Å². The second-order valence-corrected chi connectivity index (χ2v) is 4.24. The molecule has 0 aliphatic rings. The Morgan fingerprint density at radius 3 is 2.60 bits per heavy atom. The maximum Gasteiger partial charge on any atom is 0.293 e. The molecule has 1 aromatic heterocycles. The third-order valence-electron chi connectivity index (χ3n) is 2.53. The number of amides is 2. The number of para-hydroxylation sites is 1. The van der Waals surface area contributed by atoms with Crippen LogP contribution in [0.5, 0.6) is 0 Å². The van der Waals surface area contributed by atoms with Gasteiger partial charge >= 0.3 is 0 Å². The molecule has 0 fully saturated rings. The number of hydrogen-bond donors (Lipinski definition) is 3. The van der Waals surface area contributed by atoms with Crippen LogP contribution in [0.25, 0.3) is 0 Å². The van der Waals surface area contributed by atoms with E-state index in [1.807, 2.05) is 0 Å². The Bertz CT molecular complexity index is 649. The summed E-state index contributed by atoms with van der Waals surface area (Å²) < 4.78 is 0. The van der Waals surface area contributed by atoms with E-state index in [9.17, 15) is 9.59 Å². The summed E-state index contributed by atoms with van der Waals surface area (Å²) in [7, 11) is 3.27. The van der Waals surface area contributed by atoms with Crippen LogP contribution in [0.15, 0.2) is 24.3 Å². The van der Waals surface area contributed by atoms with Crippen LogP contribution in [0.1, 0.15) is 21.0 Å². The molecule has 1 aromatic carbocycles. The minimum absolute atomic E-state index is 0.0189. The van der Waals surface area contributed by atoms with Crippen molar-refractivity contribution in [3.05, 3.63) is 35.7 Å². The Balaban J connectivity index is 2.26. The normalized spacial score (nSPS) is 10.1. The molecule has 0 bridgehead atoms. The van der Waals surface area contributed by atoms with Gasteiger partial charge in [-0.25, -0.2) is 0 Å². The number of hydrogen-bond acceptors (Lipinski definition) is 5. The molecule has 20 heavy (non-hydrogen) atoms. The first-order valence-corrected chi connectivity index (χ1v) is 5.79. The molecule has 2 rings (SSSR count). The summed E-state index contributed by atoms with van der Waals surface area (Å²) in [4.78, 5) is 29.1. The monoisotopic (exact) mass is 274 g/mol. The number of nitrogens with one attached hydrogen (secondary N) is 2. The number of nitrogens with two attached hydrogens (primary N) is 1. The highest BCUT2D eigenvalue weighted by Gasteiger charge is 2.17. The van der Waals surface area contributed by atoms with Gasteiger partial charge in [0.2, 0.25) is 11.8 Å². The van der Waals surface area contributed by atoms with Gasteiger partial charge in [-0.3, -0.25) is 14.7 Å². The first-order chi connectivity index (χ1) is 9.49. The summed E-state index contributed by atoms with van der Waals surface area (Å²) in [5.74, 6) is -0.770. The van der Waals surface area contributed by atoms with Crippen molar-refractivity contribution in [1.82, 2.24) is 20.1 Å². The van der Waals surface area contributed by atoms with Crippen molar-refractivity contribution in [2.75, 3.05) is 25.1 Å². The van der Waals surface area contributed by atoms with Crippen molar-refractivity contribution >= 4 is 23.5 Å². The Kier molecular flexibility index (Phi) is 3.65. The van der Waals surface area contributed by atoms with Gasteiger partial charge < -0.3 is 16.0 Å². The third-order valence-corrected chi connectivity index (χ3v) is 2.53. The lowest BCUT2D eigenvalue weighted by molar-refractivity contribution is 0.0828. The average Bonchev–Trinajstić information content (AvgIpc) is 2.85. The predicted molar refractivity (Wildman–Crippen MR) is 73.2 cm³/mol. The van der Waals surface area contributed by atoms with Crippen molar-refractivity contribution in [3.8, 4) is 0 Å². The molecule has 0 aliphatic heterocycles. The largest absolute Gasteiger partial charge is 0.366 e. The van der Waals surface area contributed by atoms with Crippen molar-refractivity contribution in [3.63, 3.8) is 0 Å². The summed E-state index contributed by atoms with van der Waals surface area (Å²) in [6, 6.07) is 6.71. The second kappa shape index (κ2) is 5.39. The molecule has 0 unspecified atom stereocenters. The predicted octanol–water partition coefficient (Wildman–Crippen LogP) is 0.341. The molecule has 1 heterocycles. The lowest BCUT2D eigenvalue weighted by Crippen LogP contribution is -2.24. The smallest absolute Gasteiger partial charge is 0.293 e. The highest BCUT2D eigenvalue weighted by molar-refractivity contribution is 6.07. The van der Waals surface area contributed by atoms with Crippen LogP contribution in [0.4, 0.5) is 11.6 Å². The molecule has 0 atom stereocenters.